The SMILES string of the molecule is CCn1c(-c2cc(N3CCN(C(=O)OCc4ccccc4)CC3)cnc2C(C)OC)c(CC(C)(C)CO[Si](c2ccccc2)(c2ccccc2)C(C)(C)C)c2cc(Br)ccc21. The molecule has 1 amide bonds. The van der Waals surface area contributed by atoms with E-state index >= 15 is 0 Å². The standard InChI is InChI=1S/C51H61BrN4O4Si/c1-9-56-46-26-25-39(52)31-43(46)45(33-51(6,7)36-60-61(50(3,4)5,41-21-15-11-16-22-41)42-23-17-12-18-24-42)48(56)44-32-40(34-53-47(44)37(2)58-8)54-27-29-55(30-28-54)49(57)59-35-38-19-13-10-14-20-38/h10-26,31-32,34,37H,9,27-30,33,35-36H2,1-8H3. The zero-order chi connectivity index (χ0) is 43.4. The summed E-state index contributed by atoms with van der Waals surface area (Å²) in [6.45, 7) is 20.1. The first kappa shape index (κ1) is 44.3. The first-order valence-corrected chi connectivity index (χ1v) is 24.3. The Labute approximate surface area is 372 Å². The minimum Gasteiger partial charge on any atom is -0.445 e. The van der Waals surface area contributed by atoms with E-state index < -0.39 is 8.32 Å². The summed E-state index contributed by atoms with van der Waals surface area (Å²) in [5.74, 6) is 0. The van der Waals surface area contributed by atoms with Crippen LogP contribution in [0, 0.1) is 5.41 Å². The molecule has 0 spiro atoms. The van der Waals surface area contributed by atoms with Gasteiger partial charge in [-0.25, -0.2) is 4.79 Å². The number of carbonyl (C=O) groups excluding carboxylic acids is 1. The molecule has 0 N–H and O–H groups in total. The predicted molar refractivity (Wildman–Crippen MR) is 255 cm³/mol. The number of hydrogen-bond acceptors (Lipinski definition) is 6. The van der Waals surface area contributed by atoms with Crippen molar-refractivity contribution >= 4 is 57.3 Å². The number of pyridine rings is 1. The molecule has 7 rings (SSSR count). The van der Waals surface area contributed by atoms with E-state index in [1.54, 1.807) is 12.0 Å². The van der Waals surface area contributed by atoms with E-state index in [-0.39, 0.29) is 29.3 Å². The second kappa shape index (κ2) is 18.7. The number of benzene rings is 4. The minimum atomic E-state index is -2.78. The first-order valence-electron chi connectivity index (χ1n) is 21.6. The molecule has 61 heavy (non-hydrogen) atoms. The van der Waals surface area contributed by atoms with Crippen molar-refractivity contribution in [3.8, 4) is 11.3 Å². The number of hydrogen-bond donors (Lipinski definition) is 0. The van der Waals surface area contributed by atoms with Gasteiger partial charge in [-0.2, -0.15) is 0 Å². The molecule has 1 atom stereocenters. The van der Waals surface area contributed by atoms with Crippen molar-refractivity contribution in [1.82, 2.24) is 14.5 Å². The predicted octanol–water partition coefficient (Wildman–Crippen LogP) is 10.8. The van der Waals surface area contributed by atoms with Gasteiger partial charge in [0.2, 0.25) is 0 Å². The van der Waals surface area contributed by atoms with Crippen LogP contribution in [0.3, 0.4) is 0 Å². The normalized spacial score (nSPS) is 14.4. The number of ether oxygens (including phenoxy) is 2. The second-order valence-electron chi connectivity index (χ2n) is 18.0. The highest BCUT2D eigenvalue weighted by Crippen LogP contribution is 2.44. The van der Waals surface area contributed by atoms with Gasteiger partial charge in [-0.3, -0.25) is 4.98 Å². The third-order valence-corrected chi connectivity index (χ3v) is 17.7. The molecule has 1 unspecified atom stereocenters. The maximum Gasteiger partial charge on any atom is 0.410 e. The molecule has 1 aliphatic rings. The van der Waals surface area contributed by atoms with E-state index in [1.807, 2.05) is 36.5 Å². The molecule has 8 nitrogen and oxygen atoms in total. The molecule has 0 saturated carbocycles. The number of piperazine rings is 1. The number of anilines is 1. The molecule has 0 radical (unpaired) electrons. The highest BCUT2D eigenvalue weighted by molar-refractivity contribution is 9.10. The molecule has 10 heteroatoms. The Morgan fingerprint density at radius 2 is 1.44 bits per heavy atom. The Kier molecular flexibility index (Phi) is 13.6. The van der Waals surface area contributed by atoms with Crippen LogP contribution in [-0.2, 0) is 33.5 Å². The number of fused-ring (bicyclic) bond motifs is 1. The highest BCUT2D eigenvalue weighted by atomic mass is 79.9. The summed E-state index contributed by atoms with van der Waals surface area (Å²) in [6, 6.07) is 40.6. The largest absolute Gasteiger partial charge is 0.445 e. The monoisotopic (exact) mass is 900 g/mol. The van der Waals surface area contributed by atoms with Crippen molar-refractivity contribution in [3.63, 3.8) is 0 Å². The lowest BCUT2D eigenvalue weighted by atomic mass is 9.84. The Balaban J connectivity index is 1.25. The van der Waals surface area contributed by atoms with Crippen LogP contribution >= 0.6 is 15.9 Å². The summed E-state index contributed by atoms with van der Waals surface area (Å²) in [7, 11) is -1.03. The van der Waals surface area contributed by atoms with Crippen molar-refractivity contribution in [3.05, 3.63) is 143 Å². The van der Waals surface area contributed by atoms with Crippen LogP contribution in [0.2, 0.25) is 5.04 Å². The van der Waals surface area contributed by atoms with Gasteiger partial charge in [0.25, 0.3) is 8.32 Å². The number of carbonyl (C=O) groups is 1. The lowest BCUT2D eigenvalue weighted by molar-refractivity contribution is 0.0941. The smallest absolute Gasteiger partial charge is 0.410 e. The molecule has 320 valence electrons. The number of methoxy groups -OCH3 is 1. The lowest BCUT2D eigenvalue weighted by Crippen LogP contribution is -2.67. The molecule has 1 aliphatic heterocycles. The Morgan fingerprint density at radius 1 is 0.836 bits per heavy atom. The van der Waals surface area contributed by atoms with E-state index in [0.29, 0.717) is 32.8 Å². The molecule has 3 heterocycles. The van der Waals surface area contributed by atoms with E-state index in [2.05, 4.69) is 159 Å². The quantitative estimate of drug-likeness (QED) is 0.101. The Bertz CT molecular complexity index is 2370. The maximum absolute atomic E-state index is 13.1. The topological polar surface area (TPSA) is 69.1 Å². The maximum atomic E-state index is 13.1. The summed E-state index contributed by atoms with van der Waals surface area (Å²) < 4.78 is 22.8. The minimum absolute atomic E-state index is 0.134. The summed E-state index contributed by atoms with van der Waals surface area (Å²) >= 11 is 3.83. The van der Waals surface area contributed by atoms with Crippen molar-refractivity contribution in [2.45, 2.75) is 79.2 Å². The fourth-order valence-electron chi connectivity index (χ4n) is 9.03. The zero-order valence-corrected chi connectivity index (χ0v) is 39.7. The van der Waals surface area contributed by atoms with Gasteiger partial charge in [0, 0.05) is 67.4 Å². The van der Waals surface area contributed by atoms with Crippen LogP contribution in [0.25, 0.3) is 22.2 Å². The number of aryl methyl sites for hydroxylation is 1. The summed E-state index contributed by atoms with van der Waals surface area (Å²) in [6.07, 6.45) is 2.22. The van der Waals surface area contributed by atoms with Gasteiger partial charge in [0.15, 0.2) is 0 Å². The van der Waals surface area contributed by atoms with E-state index in [0.717, 1.165) is 45.6 Å². The lowest BCUT2D eigenvalue weighted by Gasteiger charge is -2.44. The van der Waals surface area contributed by atoms with Crippen LogP contribution in [0.4, 0.5) is 10.5 Å². The van der Waals surface area contributed by atoms with E-state index in [4.69, 9.17) is 18.9 Å². The fraction of sp³-hybridized carbons (Fsp3) is 0.373. The van der Waals surface area contributed by atoms with Crippen LogP contribution in [0.15, 0.2) is 126 Å². The van der Waals surface area contributed by atoms with Crippen LogP contribution in [0.1, 0.15) is 71.4 Å². The zero-order valence-electron chi connectivity index (χ0n) is 37.1. The van der Waals surface area contributed by atoms with Gasteiger partial charge >= 0.3 is 6.09 Å². The molecule has 0 bridgehead atoms. The van der Waals surface area contributed by atoms with Gasteiger partial charge in [-0.15, -0.1) is 0 Å². The summed E-state index contributed by atoms with van der Waals surface area (Å²) in [5.41, 5.74) is 7.30. The molecule has 2 aromatic heterocycles. The Morgan fingerprint density at radius 3 is 2.02 bits per heavy atom. The molecular weight excluding hydrogens is 841 g/mol. The number of rotatable bonds is 14. The number of halogens is 1. The van der Waals surface area contributed by atoms with Gasteiger partial charge in [-0.1, -0.05) is 142 Å². The number of nitrogens with zero attached hydrogens (tertiary/aromatic N) is 4. The Hall–Kier alpha value is -4.74. The molecule has 6 aromatic rings. The highest BCUT2D eigenvalue weighted by Gasteiger charge is 2.51. The third kappa shape index (κ3) is 9.38. The van der Waals surface area contributed by atoms with Gasteiger partial charge in [0.1, 0.15) is 6.61 Å². The molecule has 1 saturated heterocycles. The van der Waals surface area contributed by atoms with E-state index in [1.165, 1.54) is 26.8 Å². The van der Waals surface area contributed by atoms with Crippen LogP contribution in [0.5, 0.6) is 0 Å². The fourth-order valence-corrected chi connectivity index (χ4v) is 14.2. The van der Waals surface area contributed by atoms with Crippen molar-refractivity contribution in [1.29, 1.82) is 0 Å². The van der Waals surface area contributed by atoms with Crippen molar-refractivity contribution < 1.29 is 18.7 Å². The van der Waals surface area contributed by atoms with Crippen LogP contribution < -0.4 is 15.3 Å². The van der Waals surface area contributed by atoms with Crippen molar-refractivity contribution in [2.75, 3.05) is 44.8 Å². The van der Waals surface area contributed by atoms with Crippen LogP contribution in [-0.4, -0.2) is 68.8 Å². The summed E-state index contributed by atoms with van der Waals surface area (Å²) in [4.78, 5) is 22.4. The number of amides is 1. The number of aromatic nitrogens is 2. The van der Waals surface area contributed by atoms with Gasteiger partial charge < -0.3 is 28.3 Å². The second-order valence-corrected chi connectivity index (χ2v) is 23.3. The molecule has 0 aliphatic carbocycles. The molecule has 1 fully saturated rings. The summed E-state index contributed by atoms with van der Waals surface area (Å²) in [5, 5.41) is 3.64. The third-order valence-electron chi connectivity index (χ3n) is 12.2. The average molecular weight is 902 g/mol. The van der Waals surface area contributed by atoms with Gasteiger partial charge in [-0.05, 0) is 76.5 Å². The van der Waals surface area contributed by atoms with Crippen molar-refractivity contribution in [2.24, 2.45) is 5.41 Å². The average Bonchev–Trinajstić information content (AvgIpc) is 3.56. The molecular formula is C51H61BrN4O4Si. The van der Waals surface area contributed by atoms with E-state index in [9.17, 15) is 4.79 Å². The molecule has 4 aromatic carbocycles. The first-order chi connectivity index (χ1) is 29.3. The van der Waals surface area contributed by atoms with Gasteiger partial charge in [0.05, 0.1) is 29.4 Å².